The molecule has 2 aromatic carbocycles. The van der Waals surface area contributed by atoms with Gasteiger partial charge in [-0.3, -0.25) is 4.79 Å². The first-order chi connectivity index (χ1) is 10.2. The third-order valence-electron chi connectivity index (χ3n) is 3.65. The Balaban J connectivity index is 1.75. The molecule has 0 fully saturated rings. The van der Waals surface area contributed by atoms with E-state index in [0.717, 1.165) is 22.5 Å². The Hall–Kier alpha value is -2.80. The van der Waals surface area contributed by atoms with E-state index in [9.17, 15) is 4.79 Å². The molecule has 0 unspecified atom stereocenters. The van der Waals surface area contributed by atoms with Crippen LogP contribution >= 0.6 is 0 Å². The van der Waals surface area contributed by atoms with Crippen LogP contribution in [0.4, 0.5) is 11.4 Å². The van der Waals surface area contributed by atoms with Crippen LogP contribution in [0.25, 0.3) is 0 Å². The summed E-state index contributed by atoms with van der Waals surface area (Å²) in [6.45, 7) is 2.07. The zero-order valence-corrected chi connectivity index (χ0v) is 11.7. The molecule has 0 aliphatic carbocycles. The quantitative estimate of drug-likeness (QED) is 0.905. The number of anilines is 2. The van der Waals surface area contributed by atoms with Crippen LogP contribution in [0.15, 0.2) is 42.5 Å². The fraction of sp³-hybridized carbons (Fsp3) is 0.176. The van der Waals surface area contributed by atoms with Gasteiger partial charge in [-0.25, -0.2) is 0 Å². The van der Waals surface area contributed by atoms with E-state index in [2.05, 4.69) is 23.6 Å². The standard InChI is InChI=1S/C17H15N3O/c1-11(13-4-2-12(10-18)3-5-13)19-15-6-7-16-14(8-15)9-17(21)20-16/h2-8,11,19H,9H2,1H3,(H,20,21)/t11-/m0/s1. The molecule has 0 aromatic heterocycles. The molecule has 0 radical (unpaired) electrons. The van der Waals surface area contributed by atoms with Gasteiger partial charge in [0.1, 0.15) is 0 Å². The lowest BCUT2D eigenvalue weighted by molar-refractivity contribution is -0.115. The van der Waals surface area contributed by atoms with Crippen LogP contribution < -0.4 is 10.6 Å². The molecule has 1 aliphatic rings. The van der Waals surface area contributed by atoms with E-state index in [-0.39, 0.29) is 11.9 Å². The number of rotatable bonds is 3. The monoisotopic (exact) mass is 277 g/mol. The van der Waals surface area contributed by atoms with E-state index in [0.29, 0.717) is 12.0 Å². The zero-order valence-electron chi connectivity index (χ0n) is 11.7. The van der Waals surface area contributed by atoms with Crippen molar-refractivity contribution in [2.75, 3.05) is 10.6 Å². The van der Waals surface area contributed by atoms with E-state index in [1.165, 1.54) is 0 Å². The molecule has 2 aromatic rings. The van der Waals surface area contributed by atoms with Crippen molar-refractivity contribution in [3.8, 4) is 6.07 Å². The highest BCUT2D eigenvalue weighted by Gasteiger charge is 2.17. The summed E-state index contributed by atoms with van der Waals surface area (Å²) >= 11 is 0. The molecule has 1 aliphatic heterocycles. The highest BCUT2D eigenvalue weighted by molar-refractivity contribution is 5.99. The lowest BCUT2D eigenvalue weighted by atomic mass is 10.1. The maximum Gasteiger partial charge on any atom is 0.228 e. The van der Waals surface area contributed by atoms with Gasteiger partial charge in [0, 0.05) is 17.4 Å². The highest BCUT2D eigenvalue weighted by Crippen LogP contribution is 2.28. The second-order valence-corrected chi connectivity index (χ2v) is 5.20. The van der Waals surface area contributed by atoms with Gasteiger partial charge in [-0.1, -0.05) is 12.1 Å². The second kappa shape index (κ2) is 5.29. The average Bonchev–Trinajstić information content (AvgIpc) is 2.86. The minimum Gasteiger partial charge on any atom is -0.379 e. The molecule has 0 saturated carbocycles. The average molecular weight is 277 g/mol. The normalized spacial score (nSPS) is 14.0. The van der Waals surface area contributed by atoms with Gasteiger partial charge in [-0.15, -0.1) is 0 Å². The second-order valence-electron chi connectivity index (χ2n) is 5.20. The predicted octanol–water partition coefficient (Wildman–Crippen LogP) is 3.23. The van der Waals surface area contributed by atoms with Gasteiger partial charge < -0.3 is 10.6 Å². The molecular formula is C17H15N3O. The van der Waals surface area contributed by atoms with E-state index in [1.807, 2.05) is 42.5 Å². The lowest BCUT2D eigenvalue weighted by Crippen LogP contribution is -2.06. The molecule has 0 spiro atoms. The summed E-state index contributed by atoms with van der Waals surface area (Å²) in [5.74, 6) is 0.0438. The van der Waals surface area contributed by atoms with Crippen molar-refractivity contribution < 1.29 is 4.79 Å². The minimum atomic E-state index is 0.0438. The molecule has 21 heavy (non-hydrogen) atoms. The number of fused-ring (bicyclic) bond motifs is 1. The third-order valence-corrected chi connectivity index (χ3v) is 3.65. The van der Waals surface area contributed by atoms with Crippen LogP contribution in [0.3, 0.4) is 0 Å². The number of hydrogen-bond donors (Lipinski definition) is 2. The molecule has 104 valence electrons. The Bertz CT molecular complexity index is 729. The van der Waals surface area contributed by atoms with Gasteiger partial charge in [-0.05, 0) is 48.4 Å². The number of hydrogen-bond acceptors (Lipinski definition) is 3. The van der Waals surface area contributed by atoms with Crippen molar-refractivity contribution in [2.24, 2.45) is 0 Å². The molecule has 0 saturated heterocycles. The molecular weight excluding hydrogens is 262 g/mol. The summed E-state index contributed by atoms with van der Waals surface area (Å²) in [5.41, 5.74) is 4.69. The van der Waals surface area contributed by atoms with Crippen LogP contribution in [-0.4, -0.2) is 5.91 Å². The Morgan fingerprint density at radius 1 is 1.24 bits per heavy atom. The Labute approximate surface area is 123 Å². The van der Waals surface area contributed by atoms with Gasteiger partial charge in [0.2, 0.25) is 5.91 Å². The molecule has 0 bridgehead atoms. The van der Waals surface area contributed by atoms with Crippen molar-refractivity contribution in [2.45, 2.75) is 19.4 Å². The van der Waals surface area contributed by atoms with Crippen LogP contribution in [0, 0.1) is 11.3 Å². The van der Waals surface area contributed by atoms with Crippen molar-refractivity contribution in [1.29, 1.82) is 5.26 Å². The number of carbonyl (C=O) groups is 1. The van der Waals surface area contributed by atoms with Gasteiger partial charge >= 0.3 is 0 Å². The maximum absolute atomic E-state index is 11.4. The van der Waals surface area contributed by atoms with E-state index >= 15 is 0 Å². The maximum atomic E-state index is 11.4. The predicted molar refractivity (Wildman–Crippen MR) is 82.0 cm³/mol. The summed E-state index contributed by atoms with van der Waals surface area (Å²) in [6, 6.07) is 15.7. The summed E-state index contributed by atoms with van der Waals surface area (Å²) in [5, 5.41) is 15.1. The van der Waals surface area contributed by atoms with Gasteiger partial charge in [0.25, 0.3) is 0 Å². The fourth-order valence-corrected chi connectivity index (χ4v) is 2.50. The number of nitrogens with zero attached hydrogens (tertiary/aromatic N) is 1. The van der Waals surface area contributed by atoms with Crippen molar-refractivity contribution >= 4 is 17.3 Å². The highest BCUT2D eigenvalue weighted by atomic mass is 16.1. The number of carbonyl (C=O) groups excluding carboxylic acids is 1. The van der Waals surface area contributed by atoms with Crippen LogP contribution in [0.1, 0.15) is 29.7 Å². The first-order valence-corrected chi connectivity index (χ1v) is 6.85. The Kier molecular flexibility index (Phi) is 3.33. The molecule has 1 atom stereocenters. The molecule has 2 N–H and O–H groups in total. The topological polar surface area (TPSA) is 64.9 Å². The largest absolute Gasteiger partial charge is 0.379 e. The smallest absolute Gasteiger partial charge is 0.228 e. The fourth-order valence-electron chi connectivity index (χ4n) is 2.50. The zero-order chi connectivity index (χ0) is 14.8. The summed E-state index contributed by atoms with van der Waals surface area (Å²) in [4.78, 5) is 11.4. The van der Waals surface area contributed by atoms with Crippen LogP contribution in [0.5, 0.6) is 0 Å². The SMILES string of the molecule is C[C@H](Nc1ccc2c(c1)CC(=O)N2)c1ccc(C#N)cc1. The van der Waals surface area contributed by atoms with Crippen molar-refractivity contribution in [1.82, 2.24) is 0 Å². The number of nitriles is 1. The summed E-state index contributed by atoms with van der Waals surface area (Å²) in [7, 11) is 0. The Morgan fingerprint density at radius 2 is 2.00 bits per heavy atom. The first kappa shape index (κ1) is 13.2. The Morgan fingerprint density at radius 3 is 2.71 bits per heavy atom. The molecule has 4 nitrogen and oxygen atoms in total. The minimum absolute atomic E-state index is 0.0438. The van der Waals surface area contributed by atoms with E-state index in [4.69, 9.17) is 5.26 Å². The van der Waals surface area contributed by atoms with E-state index in [1.54, 1.807) is 0 Å². The van der Waals surface area contributed by atoms with Gasteiger partial charge in [0.15, 0.2) is 0 Å². The molecule has 1 amide bonds. The van der Waals surface area contributed by atoms with Crippen molar-refractivity contribution in [3.05, 3.63) is 59.2 Å². The third kappa shape index (κ3) is 2.72. The number of amides is 1. The van der Waals surface area contributed by atoms with Crippen LogP contribution in [-0.2, 0) is 11.2 Å². The van der Waals surface area contributed by atoms with Gasteiger partial charge in [0.05, 0.1) is 18.1 Å². The molecule has 3 rings (SSSR count). The van der Waals surface area contributed by atoms with Crippen LogP contribution in [0.2, 0.25) is 0 Å². The summed E-state index contributed by atoms with van der Waals surface area (Å²) < 4.78 is 0. The number of benzene rings is 2. The molecule has 1 heterocycles. The van der Waals surface area contributed by atoms with E-state index < -0.39 is 0 Å². The first-order valence-electron chi connectivity index (χ1n) is 6.85. The van der Waals surface area contributed by atoms with Gasteiger partial charge in [-0.2, -0.15) is 5.26 Å². The lowest BCUT2D eigenvalue weighted by Gasteiger charge is -2.16. The molecule has 4 heteroatoms. The van der Waals surface area contributed by atoms with Crippen molar-refractivity contribution in [3.63, 3.8) is 0 Å². The number of nitrogens with one attached hydrogen (secondary N) is 2. The summed E-state index contributed by atoms with van der Waals surface area (Å²) in [6.07, 6.45) is 0.441.